The molecular formula is C12H21N3O3S. The van der Waals surface area contributed by atoms with Crippen LogP contribution in [-0.4, -0.2) is 47.3 Å². The molecule has 1 aliphatic rings. The Morgan fingerprint density at radius 2 is 2.26 bits per heavy atom. The third kappa shape index (κ3) is 2.98. The monoisotopic (exact) mass is 287 g/mol. The zero-order chi connectivity index (χ0) is 14.0. The molecule has 1 atom stereocenters. The van der Waals surface area contributed by atoms with E-state index in [-0.39, 0.29) is 11.5 Å². The Bertz CT molecular complexity index is 524. The summed E-state index contributed by atoms with van der Waals surface area (Å²) in [7, 11) is -3.43. The summed E-state index contributed by atoms with van der Waals surface area (Å²) in [6.45, 7) is 5.67. The van der Waals surface area contributed by atoms with E-state index >= 15 is 0 Å². The molecule has 0 amide bonds. The van der Waals surface area contributed by atoms with Gasteiger partial charge in [0.15, 0.2) is 0 Å². The molecule has 108 valence electrons. The molecule has 0 radical (unpaired) electrons. The van der Waals surface area contributed by atoms with Crippen LogP contribution in [0.1, 0.15) is 20.3 Å². The van der Waals surface area contributed by atoms with Gasteiger partial charge in [-0.05, 0) is 18.3 Å². The van der Waals surface area contributed by atoms with Gasteiger partial charge in [0.1, 0.15) is 4.90 Å². The van der Waals surface area contributed by atoms with Gasteiger partial charge in [0.2, 0.25) is 10.0 Å². The molecule has 1 saturated heterocycles. The first-order chi connectivity index (χ1) is 8.95. The maximum Gasteiger partial charge on any atom is 0.246 e. The zero-order valence-electron chi connectivity index (χ0n) is 11.4. The quantitative estimate of drug-likeness (QED) is 0.858. The number of nitrogens with zero attached hydrogens (tertiary/aromatic N) is 3. The zero-order valence-corrected chi connectivity index (χ0v) is 12.2. The highest BCUT2D eigenvalue weighted by molar-refractivity contribution is 7.89. The Labute approximate surface area is 114 Å². The van der Waals surface area contributed by atoms with Gasteiger partial charge in [0, 0.05) is 19.3 Å². The van der Waals surface area contributed by atoms with E-state index in [1.54, 1.807) is 0 Å². The third-order valence-electron chi connectivity index (χ3n) is 3.71. The summed E-state index contributed by atoms with van der Waals surface area (Å²) >= 11 is 0. The highest BCUT2D eigenvalue weighted by Crippen LogP contribution is 2.28. The largest absolute Gasteiger partial charge is 0.394 e. The molecule has 1 fully saturated rings. The number of sulfonamides is 1. The lowest BCUT2D eigenvalue weighted by Gasteiger charge is -2.17. The van der Waals surface area contributed by atoms with Gasteiger partial charge in [0.05, 0.1) is 19.3 Å². The van der Waals surface area contributed by atoms with Crippen LogP contribution in [0.4, 0.5) is 0 Å². The molecule has 2 heterocycles. The van der Waals surface area contributed by atoms with Crippen molar-refractivity contribution in [1.29, 1.82) is 0 Å². The number of aromatic nitrogens is 2. The maximum absolute atomic E-state index is 12.4. The molecule has 1 aromatic rings. The van der Waals surface area contributed by atoms with Gasteiger partial charge in [-0.1, -0.05) is 13.8 Å². The van der Waals surface area contributed by atoms with Gasteiger partial charge in [-0.3, -0.25) is 4.68 Å². The van der Waals surface area contributed by atoms with Crippen molar-refractivity contribution < 1.29 is 13.5 Å². The minimum atomic E-state index is -3.43. The van der Waals surface area contributed by atoms with Crippen molar-refractivity contribution in [2.24, 2.45) is 11.8 Å². The Hall–Kier alpha value is -0.920. The van der Waals surface area contributed by atoms with Crippen molar-refractivity contribution >= 4 is 10.0 Å². The van der Waals surface area contributed by atoms with E-state index in [0.717, 1.165) is 6.42 Å². The second kappa shape index (κ2) is 5.60. The van der Waals surface area contributed by atoms with E-state index in [2.05, 4.69) is 18.9 Å². The van der Waals surface area contributed by atoms with Crippen molar-refractivity contribution in [1.82, 2.24) is 14.1 Å². The molecule has 1 aliphatic heterocycles. The van der Waals surface area contributed by atoms with Crippen LogP contribution in [-0.2, 0) is 16.6 Å². The van der Waals surface area contributed by atoms with E-state index in [1.165, 1.54) is 21.4 Å². The summed E-state index contributed by atoms with van der Waals surface area (Å²) in [6.07, 6.45) is 3.75. The van der Waals surface area contributed by atoms with Crippen molar-refractivity contribution in [3.8, 4) is 0 Å². The number of aliphatic hydroxyl groups excluding tert-OH is 1. The number of rotatable bonds is 5. The highest BCUT2D eigenvalue weighted by Gasteiger charge is 2.34. The van der Waals surface area contributed by atoms with Crippen molar-refractivity contribution in [2.45, 2.75) is 31.7 Å². The lowest BCUT2D eigenvalue weighted by molar-refractivity contribution is 0.269. The lowest BCUT2D eigenvalue weighted by Crippen LogP contribution is -2.29. The Morgan fingerprint density at radius 1 is 1.53 bits per heavy atom. The smallest absolute Gasteiger partial charge is 0.246 e. The fraction of sp³-hybridized carbons (Fsp3) is 0.750. The van der Waals surface area contributed by atoms with Crippen LogP contribution in [0.25, 0.3) is 0 Å². The molecule has 6 nitrogen and oxygen atoms in total. The van der Waals surface area contributed by atoms with E-state index in [0.29, 0.717) is 31.5 Å². The average Bonchev–Trinajstić information content (AvgIpc) is 2.98. The van der Waals surface area contributed by atoms with E-state index < -0.39 is 10.0 Å². The summed E-state index contributed by atoms with van der Waals surface area (Å²) in [6, 6.07) is 0. The number of aliphatic hydroxyl groups is 1. The van der Waals surface area contributed by atoms with Crippen LogP contribution >= 0.6 is 0 Å². The molecular weight excluding hydrogens is 266 g/mol. The summed E-state index contributed by atoms with van der Waals surface area (Å²) in [5, 5.41) is 12.8. The van der Waals surface area contributed by atoms with Gasteiger partial charge in [-0.2, -0.15) is 9.40 Å². The third-order valence-corrected chi connectivity index (χ3v) is 5.52. The molecule has 0 saturated carbocycles. The van der Waals surface area contributed by atoms with Gasteiger partial charge in [-0.15, -0.1) is 0 Å². The van der Waals surface area contributed by atoms with Crippen molar-refractivity contribution in [3.05, 3.63) is 12.4 Å². The van der Waals surface area contributed by atoms with Crippen LogP contribution in [0.15, 0.2) is 17.3 Å². The van der Waals surface area contributed by atoms with Crippen molar-refractivity contribution in [3.63, 3.8) is 0 Å². The van der Waals surface area contributed by atoms with Gasteiger partial charge in [0.25, 0.3) is 0 Å². The second-order valence-electron chi connectivity index (χ2n) is 5.32. The SMILES string of the molecule is CC(C)C1CCN(S(=O)(=O)c2cnn(CCO)c2)C1. The fourth-order valence-electron chi connectivity index (χ4n) is 2.37. The predicted octanol–water partition coefficient (Wildman–Crippen LogP) is 0.542. The van der Waals surface area contributed by atoms with Gasteiger partial charge in [-0.25, -0.2) is 8.42 Å². The van der Waals surface area contributed by atoms with Crippen LogP contribution in [0.5, 0.6) is 0 Å². The molecule has 1 N–H and O–H groups in total. The first kappa shape index (κ1) is 14.5. The summed E-state index contributed by atoms with van der Waals surface area (Å²) in [5.41, 5.74) is 0. The molecule has 2 rings (SSSR count). The van der Waals surface area contributed by atoms with Crippen LogP contribution in [0.2, 0.25) is 0 Å². The molecule has 0 bridgehead atoms. The number of hydrogen-bond acceptors (Lipinski definition) is 4. The summed E-state index contributed by atoms with van der Waals surface area (Å²) in [5.74, 6) is 0.930. The van der Waals surface area contributed by atoms with Gasteiger partial charge >= 0.3 is 0 Å². The molecule has 1 aromatic heterocycles. The van der Waals surface area contributed by atoms with Crippen LogP contribution in [0.3, 0.4) is 0 Å². The van der Waals surface area contributed by atoms with Crippen molar-refractivity contribution in [2.75, 3.05) is 19.7 Å². The van der Waals surface area contributed by atoms with Crippen LogP contribution < -0.4 is 0 Å². The van der Waals surface area contributed by atoms with Gasteiger partial charge < -0.3 is 5.11 Å². The second-order valence-corrected chi connectivity index (χ2v) is 7.26. The molecule has 0 spiro atoms. The minimum absolute atomic E-state index is 0.0553. The first-order valence-corrected chi connectivity index (χ1v) is 8.02. The normalized spacial score (nSPS) is 21.4. The topological polar surface area (TPSA) is 75.4 Å². The summed E-state index contributed by atoms with van der Waals surface area (Å²) < 4.78 is 27.8. The standard InChI is InChI=1S/C12H21N3O3S/c1-10(2)11-3-4-15(8-11)19(17,18)12-7-13-14(9-12)5-6-16/h7,9-11,16H,3-6,8H2,1-2H3. The highest BCUT2D eigenvalue weighted by atomic mass is 32.2. The molecule has 1 unspecified atom stereocenters. The predicted molar refractivity (Wildman–Crippen MR) is 71.0 cm³/mol. The Morgan fingerprint density at radius 3 is 2.84 bits per heavy atom. The van der Waals surface area contributed by atoms with E-state index in [9.17, 15) is 8.42 Å². The summed E-state index contributed by atoms with van der Waals surface area (Å²) in [4.78, 5) is 0.213. The molecule has 0 aromatic carbocycles. The Kier molecular flexibility index (Phi) is 4.27. The van der Waals surface area contributed by atoms with Crippen LogP contribution in [0, 0.1) is 11.8 Å². The maximum atomic E-state index is 12.4. The lowest BCUT2D eigenvalue weighted by atomic mass is 9.96. The fourth-order valence-corrected chi connectivity index (χ4v) is 3.83. The minimum Gasteiger partial charge on any atom is -0.394 e. The number of hydrogen-bond donors (Lipinski definition) is 1. The van der Waals surface area contributed by atoms with E-state index in [4.69, 9.17) is 5.11 Å². The molecule has 0 aliphatic carbocycles. The van der Waals surface area contributed by atoms with E-state index in [1.807, 2.05) is 0 Å². The molecule has 7 heteroatoms. The first-order valence-electron chi connectivity index (χ1n) is 6.58. The Balaban J connectivity index is 2.14. The molecule has 19 heavy (non-hydrogen) atoms. The average molecular weight is 287 g/mol.